The molecule has 0 radical (unpaired) electrons. The summed E-state index contributed by atoms with van der Waals surface area (Å²) in [5.41, 5.74) is 9.80. The molecule has 3 aromatic rings. The van der Waals surface area contributed by atoms with Crippen LogP contribution >= 0.6 is 34.3 Å². The SMILES string of the molecule is Cc1c([C@H]2CCCC[C@@H]2N)sc2c(NCc3cccs3)cc(Cl)nc12. The van der Waals surface area contributed by atoms with Crippen LogP contribution in [0, 0.1) is 6.92 Å². The molecule has 132 valence electrons. The second-order valence-electron chi connectivity index (χ2n) is 6.75. The molecule has 0 bridgehead atoms. The van der Waals surface area contributed by atoms with Gasteiger partial charge in [-0.25, -0.2) is 4.98 Å². The van der Waals surface area contributed by atoms with Gasteiger partial charge in [-0.3, -0.25) is 0 Å². The Kier molecular flexibility index (Phi) is 5.00. The van der Waals surface area contributed by atoms with E-state index in [9.17, 15) is 0 Å². The molecule has 0 aliphatic heterocycles. The van der Waals surface area contributed by atoms with Crippen molar-refractivity contribution in [3.63, 3.8) is 0 Å². The number of rotatable bonds is 4. The lowest BCUT2D eigenvalue weighted by Gasteiger charge is -2.28. The van der Waals surface area contributed by atoms with Crippen molar-refractivity contribution < 1.29 is 0 Å². The van der Waals surface area contributed by atoms with E-state index in [1.54, 1.807) is 11.3 Å². The van der Waals surface area contributed by atoms with Gasteiger partial charge in [0.15, 0.2) is 0 Å². The van der Waals surface area contributed by atoms with Crippen molar-refractivity contribution in [3.8, 4) is 0 Å². The average Bonchev–Trinajstić information content (AvgIpc) is 3.22. The number of nitrogens with two attached hydrogens (primary N) is 1. The lowest BCUT2D eigenvalue weighted by Crippen LogP contribution is -2.31. The first kappa shape index (κ1) is 17.3. The summed E-state index contributed by atoms with van der Waals surface area (Å²) in [6, 6.07) is 6.43. The van der Waals surface area contributed by atoms with Crippen LogP contribution in [0.2, 0.25) is 5.15 Å². The van der Waals surface area contributed by atoms with E-state index < -0.39 is 0 Å². The van der Waals surface area contributed by atoms with Crippen LogP contribution in [-0.2, 0) is 6.54 Å². The summed E-state index contributed by atoms with van der Waals surface area (Å²) in [5.74, 6) is 0.455. The average molecular weight is 392 g/mol. The molecule has 2 atom stereocenters. The summed E-state index contributed by atoms with van der Waals surface area (Å²) >= 11 is 9.92. The zero-order valence-electron chi connectivity index (χ0n) is 14.2. The highest BCUT2D eigenvalue weighted by Crippen LogP contribution is 2.43. The second-order valence-corrected chi connectivity index (χ2v) is 9.22. The van der Waals surface area contributed by atoms with Gasteiger partial charge in [-0.05, 0) is 36.8 Å². The normalized spacial score (nSPS) is 20.9. The van der Waals surface area contributed by atoms with E-state index in [-0.39, 0.29) is 6.04 Å². The minimum absolute atomic E-state index is 0.263. The standard InChI is InChI=1S/C19H22ClN3S2/c1-11-17-19(25-18(11)13-6-2-3-7-14(13)21)15(9-16(20)23-17)22-10-12-5-4-8-24-12/h4-5,8-9,13-14H,2-3,6-7,10,21H2,1H3,(H,22,23)/t13-,14-/m0/s1. The van der Waals surface area contributed by atoms with Crippen molar-refractivity contribution >= 4 is 50.2 Å². The van der Waals surface area contributed by atoms with E-state index in [1.807, 2.05) is 17.4 Å². The first-order valence-electron chi connectivity index (χ1n) is 8.75. The van der Waals surface area contributed by atoms with E-state index in [1.165, 1.54) is 39.3 Å². The number of hydrogen-bond acceptors (Lipinski definition) is 5. The van der Waals surface area contributed by atoms with Crippen LogP contribution in [0.4, 0.5) is 5.69 Å². The quantitative estimate of drug-likeness (QED) is 0.543. The monoisotopic (exact) mass is 391 g/mol. The fraction of sp³-hybridized carbons (Fsp3) is 0.421. The molecular weight excluding hydrogens is 370 g/mol. The Hall–Kier alpha value is -1.14. The maximum atomic E-state index is 6.44. The molecule has 6 heteroatoms. The van der Waals surface area contributed by atoms with Crippen molar-refractivity contribution in [2.75, 3.05) is 5.32 Å². The van der Waals surface area contributed by atoms with Gasteiger partial charge in [0.1, 0.15) is 5.15 Å². The van der Waals surface area contributed by atoms with Crippen LogP contribution in [0.5, 0.6) is 0 Å². The molecule has 1 saturated carbocycles. The highest BCUT2D eigenvalue weighted by atomic mass is 35.5. The predicted octanol–water partition coefficient (Wildman–Crippen LogP) is 5.92. The number of fused-ring (bicyclic) bond motifs is 1. The molecule has 0 spiro atoms. The lowest BCUT2D eigenvalue weighted by molar-refractivity contribution is 0.389. The molecule has 3 nitrogen and oxygen atoms in total. The number of anilines is 1. The minimum Gasteiger partial charge on any atom is -0.379 e. The number of aromatic nitrogens is 1. The number of nitrogens with zero attached hydrogens (tertiary/aromatic N) is 1. The summed E-state index contributed by atoms with van der Waals surface area (Å²) in [4.78, 5) is 7.33. The van der Waals surface area contributed by atoms with Gasteiger partial charge in [0.2, 0.25) is 0 Å². The molecule has 3 N–H and O–H groups in total. The molecule has 0 saturated heterocycles. The molecule has 25 heavy (non-hydrogen) atoms. The molecule has 0 amide bonds. The van der Waals surface area contributed by atoms with Gasteiger partial charge >= 0.3 is 0 Å². The molecule has 3 aromatic heterocycles. The highest BCUT2D eigenvalue weighted by molar-refractivity contribution is 7.20. The number of aryl methyl sites for hydroxylation is 1. The fourth-order valence-corrected chi connectivity index (χ4v) is 6.02. The summed E-state index contributed by atoms with van der Waals surface area (Å²) in [7, 11) is 0. The summed E-state index contributed by atoms with van der Waals surface area (Å²) in [6.07, 6.45) is 4.82. The zero-order valence-corrected chi connectivity index (χ0v) is 16.6. The van der Waals surface area contributed by atoms with Gasteiger partial charge in [0.25, 0.3) is 0 Å². The topological polar surface area (TPSA) is 50.9 Å². The Labute approximate surface area is 161 Å². The first-order valence-corrected chi connectivity index (χ1v) is 10.8. The molecular formula is C19H22ClN3S2. The van der Waals surface area contributed by atoms with E-state index in [0.29, 0.717) is 11.1 Å². The van der Waals surface area contributed by atoms with Gasteiger partial charge < -0.3 is 11.1 Å². The van der Waals surface area contributed by atoms with E-state index in [0.717, 1.165) is 24.2 Å². The Morgan fingerprint density at radius 2 is 2.20 bits per heavy atom. The smallest absolute Gasteiger partial charge is 0.131 e. The first-order chi connectivity index (χ1) is 12.1. The van der Waals surface area contributed by atoms with Crippen molar-refractivity contribution in [3.05, 3.63) is 44.1 Å². The van der Waals surface area contributed by atoms with Crippen LogP contribution in [-0.4, -0.2) is 11.0 Å². The minimum atomic E-state index is 0.263. The third-order valence-corrected chi connectivity index (χ3v) is 7.58. The molecule has 0 unspecified atom stereocenters. The molecule has 1 fully saturated rings. The van der Waals surface area contributed by atoms with Crippen molar-refractivity contribution in [2.24, 2.45) is 5.73 Å². The zero-order chi connectivity index (χ0) is 17.4. The number of halogens is 1. The predicted molar refractivity (Wildman–Crippen MR) is 110 cm³/mol. The van der Waals surface area contributed by atoms with Crippen LogP contribution in [0.3, 0.4) is 0 Å². The number of nitrogens with one attached hydrogen (secondary N) is 1. The van der Waals surface area contributed by atoms with Crippen molar-refractivity contribution in [1.82, 2.24) is 4.98 Å². The second kappa shape index (κ2) is 7.23. The van der Waals surface area contributed by atoms with Crippen LogP contribution in [0.15, 0.2) is 23.6 Å². The Balaban J connectivity index is 1.72. The van der Waals surface area contributed by atoms with E-state index in [4.69, 9.17) is 17.3 Å². The van der Waals surface area contributed by atoms with E-state index in [2.05, 4.69) is 34.7 Å². The van der Waals surface area contributed by atoms with Gasteiger partial charge in [-0.15, -0.1) is 22.7 Å². The van der Waals surface area contributed by atoms with Crippen LogP contribution < -0.4 is 11.1 Å². The molecule has 0 aromatic carbocycles. The van der Waals surface area contributed by atoms with Gasteiger partial charge in [-0.1, -0.05) is 30.5 Å². The number of hydrogen-bond donors (Lipinski definition) is 2. The molecule has 1 aliphatic rings. The third kappa shape index (κ3) is 3.43. The van der Waals surface area contributed by atoms with Gasteiger partial charge in [0.05, 0.1) is 15.9 Å². The van der Waals surface area contributed by atoms with Crippen molar-refractivity contribution in [1.29, 1.82) is 0 Å². The summed E-state index contributed by atoms with van der Waals surface area (Å²) in [6.45, 7) is 2.98. The molecule has 3 heterocycles. The number of thiophene rings is 2. The van der Waals surface area contributed by atoms with Gasteiger partial charge in [0, 0.05) is 34.3 Å². The summed E-state index contributed by atoms with van der Waals surface area (Å²) in [5, 5.41) is 6.20. The van der Waals surface area contributed by atoms with Crippen LogP contribution in [0.1, 0.15) is 46.9 Å². The molecule has 1 aliphatic carbocycles. The highest BCUT2D eigenvalue weighted by Gasteiger charge is 2.28. The fourth-order valence-electron chi connectivity index (χ4n) is 3.73. The third-order valence-electron chi connectivity index (χ3n) is 5.07. The van der Waals surface area contributed by atoms with E-state index >= 15 is 0 Å². The Morgan fingerprint density at radius 3 is 2.96 bits per heavy atom. The lowest BCUT2D eigenvalue weighted by atomic mass is 9.83. The van der Waals surface area contributed by atoms with Crippen molar-refractivity contribution in [2.45, 2.75) is 51.1 Å². The largest absolute Gasteiger partial charge is 0.379 e. The maximum absolute atomic E-state index is 6.44. The number of pyridine rings is 1. The van der Waals surface area contributed by atoms with Gasteiger partial charge in [-0.2, -0.15) is 0 Å². The Morgan fingerprint density at radius 1 is 1.36 bits per heavy atom. The van der Waals surface area contributed by atoms with Crippen LogP contribution in [0.25, 0.3) is 10.2 Å². The summed E-state index contributed by atoms with van der Waals surface area (Å²) < 4.78 is 1.20. The maximum Gasteiger partial charge on any atom is 0.131 e. The Bertz CT molecular complexity index is 873. The molecule has 4 rings (SSSR count).